The number of carbonyl (C=O) groups is 1. The van der Waals surface area contributed by atoms with Gasteiger partial charge < -0.3 is 9.84 Å². The monoisotopic (exact) mass is 236 g/mol. The Hall–Kier alpha value is -0.830. The number of rotatable bonds is 2. The number of ether oxygens (including phenoxy) is 1. The van der Waals surface area contributed by atoms with Crippen LogP contribution in [-0.4, -0.2) is 22.3 Å². The Kier molecular flexibility index (Phi) is 2.22. The molecular formula is C14H20O3. The third-order valence-electron chi connectivity index (χ3n) is 4.63. The Balaban J connectivity index is 1.83. The Labute approximate surface area is 102 Å². The smallest absolute Gasteiger partial charge is 0.333 e. The van der Waals surface area contributed by atoms with Crippen LogP contribution in [0.4, 0.5) is 0 Å². The average molecular weight is 236 g/mol. The van der Waals surface area contributed by atoms with Gasteiger partial charge in [0.25, 0.3) is 0 Å². The predicted octanol–water partition coefficient (Wildman–Crippen LogP) is 2.19. The summed E-state index contributed by atoms with van der Waals surface area (Å²) in [5.74, 6) is 0.786. The Morgan fingerprint density at radius 1 is 1.29 bits per heavy atom. The summed E-state index contributed by atoms with van der Waals surface area (Å²) < 4.78 is 5.68. The highest BCUT2D eigenvalue weighted by Crippen LogP contribution is 2.58. The molecule has 3 heteroatoms. The van der Waals surface area contributed by atoms with Gasteiger partial charge >= 0.3 is 5.97 Å². The zero-order valence-corrected chi connectivity index (χ0v) is 10.4. The second-order valence-corrected chi connectivity index (χ2v) is 6.54. The van der Waals surface area contributed by atoms with Gasteiger partial charge in [-0.2, -0.15) is 0 Å². The maximum absolute atomic E-state index is 11.7. The molecule has 1 N–H and O–H groups in total. The largest absolute Gasteiger partial charge is 0.456 e. The average Bonchev–Trinajstić information content (AvgIpc) is 2.11. The van der Waals surface area contributed by atoms with Crippen LogP contribution >= 0.6 is 0 Å². The minimum atomic E-state index is -0.570. The van der Waals surface area contributed by atoms with Gasteiger partial charge in [-0.15, -0.1) is 0 Å². The predicted molar refractivity (Wildman–Crippen MR) is 63.3 cm³/mol. The lowest BCUT2D eigenvalue weighted by Crippen LogP contribution is -2.60. The van der Waals surface area contributed by atoms with Crippen LogP contribution < -0.4 is 0 Å². The summed E-state index contributed by atoms with van der Waals surface area (Å²) in [5, 5.41) is 10.5. The van der Waals surface area contributed by atoms with Crippen LogP contribution in [0, 0.1) is 11.8 Å². The molecule has 17 heavy (non-hydrogen) atoms. The normalized spacial score (nSPS) is 46.9. The zero-order chi connectivity index (χ0) is 12.3. The Morgan fingerprint density at radius 2 is 1.88 bits per heavy atom. The maximum atomic E-state index is 11.7. The molecule has 94 valence electrons. The van der Waals surface area contributed by atoms with Gasteiger partial charge in [-0.25, -0.2) is 4.79 Å². The van der Waals surface area contributed by atoms with E-state index in [-0.39, 0.29) is 5.97 Å². The van der Waals surface area contributed by atoms with Crippen molar-refractivity contribution in [2.45, 2.75) is 56.7 Å². The van der Waals surface area contributed by atoms with Crippen molar-refractivity contribution < 1.29 is 14.6 Å². The molecule has 4 rings (SSSR count). The van der Waals surface area contributed by atoms with Crippen molar-refractivity contribution in [3.63, 3.8) is 0 Å². The fourth-order valence-corrected chi connectivity index (χ4v) is 4.53. The Morgan fingerprint density at radius 3 is 2.35 bits per heavy atom. The minimum absolute atomic E-state index is 0.296. The van der Waals surface area contributed by atoms with Gasteiger partial charge in [0, 0.05) is 12.0 Å². The molecule has 4 aliphatic rings. The van der Waals surface area contributed by atoms with Crippen molar-refractivity contribution in [3.8, 4) is 0 Å². The summed E-state index contributed by atoms with van der Waals surface area (Å²) in [6.07, 6.45) is 5.50. The first-order chi connectivity index (χ1) is 7.90. The molecule has 4 atom stereocenters. The first-order valence-corrected chi connectivity index (χ1v) is 6.51. The van der Waals surface area contributed by atoms with Gasteiger partial charge in [-0.05, 0) is 50.9 Å². The molecule has 3 nitrogen and oxygen atoms in total. The fraction of sp³-hybridized carbons (Fsp3) is 0.786. The topological polar surface area (TPSA) is 46.5 Å². The third kappa shape index (κ3) is 1.81. The fourth-order valence-electron chi connectivity index (χ4n) is 4.53. The molecule has 0 amide bonds. The van der Waals surface area contributed by atoms with Crippen molar-refractivity contribution in [1.29, 1.82) is 0 Å². The highest BCUT2D eigenvalue weighted by molar-refractivity contribution is 5.87. The van der Waals surface area contributed by atoms with E-state index in [4.69, 9.17) is 4.74 Å². The molecule has 0 spiro atoms. The molecule has 4 fully saturated rings. The molecule has 0 saturated heterocycles. The van der Waals surface area contributed by atoms with Gasteiger partial charge in [0.2, 0.25) is 0 Å². The van der Waals surface area contributed by atoms with E-state index < -0.39 is 11.2 Å². The summed E-state index contributed by atoms with van der Waals surface area (Å²) in [6, 6.07) is 0. The molecule has 0 heterocycles. The molecule has 0 aromatic rings. The Bertz CT molecular complexity index is 371. The molecule has 3 unspecified atom stereocenters. The molecule has 0 radical (unpaired) electrons. The summed E-state index contributed by atoms with van der Waals surface area (Å²) in [5.41, 5.74) is -0.512. The quantitative estimate of drug-likeness (QED) is 0.590. The van der Waals surface area contributed by atoms with Crippen LogP contribution in [0.15, 0.2) is 12.2 Å². The van der Waals surface area contributed by atoms with E-state index in [0.29, 0.717) is 23.8 Å². The molecular weight excluding hydrogens is 216 g/mol. The summed E-state index contributed by atoms with van der Waals surface area (Å²) in [4.78, 5) is 11.7. The number of aliphatic hydroxyl groups is 1. The van der Waals surface area contributed by atoms with E-state index >= 15 is 0 Å². The lowest BCUT2D eigenvalue weighted by atomic mass is 9.52. The van der Waals surface area contributed by atoms with Gasteiger partial charge in [0.15, 0.2) is 0 Å². The van der Waals surface area contributed by atoms with Crippen molar-refractivity contribution in [2.75, 3.05) is 0 Å². The minimum Gasteiger partial charge on any atom is -0.456 e. The number of carbonyl (C=O) groups excluding carboxylic acids is 1. The number of hydrogen-bond acceptors (Lipinski definition) is 3. The van der Waals surface area contributed by atoms with Gasteiger partial charge in [-0.1, -0.05) is 6.58 Å². The van der Waals surface area contributed by atoms with Crippen molar-refractivity contribution in [3.05, 3.63) is 12.2 Å². The highest BCUT2D eigenvalue weighted by atomic mass is 16.6. The number of hydrogen-bond donors (Lipinski definition) is 1. The van der Waals surface area contributed by atoms with E-state index in [1.54, 1.807) is 6.92 Å². The second-order valence-electron chi connectivity index (χ2n) is 6.54. The lowest BCUT2D eigenvalue weighted by Gasteiger charge is -2.59. The molecule has 0 aromatic heterocycles. The summed E-state index contributed by atoms with van der Waals surface area (Å²) >= 11 is 0. The molecule has 4 aliphatic carbocycles. The highest BCUT2D eigenvalue weighted by Gasteiger charge is 2.59. The lowest BCUT2D eigenvalue weighted by molar-refractivity contribution is -0.217. The van der Waals surface area contributed by atoms with Crippen LogP contribution in [0.2, 0.25) is 0 Å². The van der Waals surface area contributed by atoms with Crippen molar-refractivity contribution in [1.82, 2.24) is 0 Å². The number of esters is 1. The summed E-state index contributed by atoms with van der Waals surface area (Å²) in [6.45, 7) is 5.31. The van der Waals surface area contributed by atoms with Crippen LogP contribution in [0.25, 0.3) is 0 Å². The standard InChI is InChI=1S/C14H20O3/c1-9(2)12(15)17-14-6-10-3-11(7-14)5-13(16,4-10)8-14/h10-11,16H,1,3-8H2,2H3/t10-,11?,13?,14?/m0/s1. The van der Waals surface area contributed by atoms with Crippen LogP contribution in [-0.2, 0) is 9.53 Å². The summed E-state index contributed by atoms with van der Waals surface area (Å²) in [7, 11) is 0. The molecule has 4 bridgehead atoms. The molecule has 4 saturated carbocycles. The first-order valence-electron chi connectivity index (χ1n) is 6.51. The van der Waals surface area contributed by atoms with E-state index in [0.717, 1.165) is 25.7 Å². The van der Waals surface area contributed by atoms with Gasteiger partial charge in [-0.3, -0.25) is 0 Å². The van der Waals surface area contributed by atoms with Crippen LogP contribution in [0.1, 0.15) is 45.4 Å². The van der Waals surface area contributed by atoms with Crippen molar-refractivity contribution >= 4 is 5.97 Å². The van der Waals surface area contributed by atoms with Crippen LogP contribution in [0.3, 0.4) is 0 Å². The van der Waals surface area contributed by atoms with Crippen molar-refractivity contribution in [2.24, 2.45) is 11.8 Å². The SMILES string of the molecule is C=C(C)C(=O)OC12CC3C[C@@H](CC(O)(C3)C1)C2. The van der Waals surface area contributed by atoms with E-state index in [1.165, 1.54) is 6.42 Å². The first kappa shape index (κ1) is 11.3. The van der Waals surface area contributed by atoms with Gasteiger partial charge in [0.05, 0.1) is 5.60 Å². The zero-order valence-electron chi connectivity index (χ0n) is 10.4. The molecule has 0 aromatic carbocycles. The van der Waals surface area contributed by atoms with E-state index in [2.05, 4.69) is 6.58 Å². The van der Waals surface area contributed by atoms with E-state index in [1.807, 2.05) is 0 Å². The van der Waals surface area contributed by atoms with Gasteiger partial charge in [0.1, 0.15) is 5.60 Å². The second kappa shape index (κ2) is 3.35. The maximum Gasteiger partial charge on any atom is 0.333 e. The van der Waals surface area contributed by atoms with Crippen LogP contribution in [0.5, 0.6) is 0 Å². The van der Waals surface area contributed by atoms with E-state index in [9.17, 15) is 9.90 Å². The molecule has 0 aliphatic heterocycles. The third-order valence-corrected chi connectivity index (χ3v) is 4.63.